The molecule has 2 aromatic carbocycles. The molecule has 2 aromatic heterocycles. The highest BCUT2D eigenvalue weighted by molar-refractivity contribution is 14.1. The van der Waals surface area contributed by atoms with Gasteiger partial charge in [-0.3, -0.25) is 4.98 Å². The highest BCUT2D eigenvalue weighted by atomic mass is 127. The second-order valence-corrected chi connectivity index (χ2v) is 8.51. The lowest BCUT2D eigenvalue weighted by Gasteiger charge is -2.09. The molecule has 0 bridgehead atoms. The van der Waals surface area contributed by atoms with Gasteiger partial charge in [-0.25, -0.2) is 0 Å². The molecule has 0 aliphatic heterocycles. The van der Waals surface area contributed by atoms with E-state index in [0.29, 0.717) is 0 Å². The first-order valence-corrected chi connectivity index (χ1v) is 10.6. The molecule has 0 fully saturated rings. The van der Waals surface area contributed by atoms with Crippen molar-refractivity contribution in [3.63, 3.8) is 0 Å². The van der Waals surface area contributed by atoms with Crippen LogP contribution in [0.25, 0.3) is 33.1 Å². The number of unbranched alkanes of at least 4 members (excludes halogenated alkanes) is 1. The zero-order chi connectivity index (χ0) is 18.1. The molecule has 2 heterocycles. The Bertz CT molecular complexity index is 1090. The predicted octanol–water partition coefficient (Wildman–Crippen LogP) is 6.03. The number of aryl methyl sites for hydroxylation is 1. The number of benzene rings is 2. The quantitative estimate of drug-likeness (QED) is 0.250. The van der Waals surface area contributed by atoms with Crippen LogP contribution in [-0.4, -0.2) is 16.5 Å². The van der Waals surface area contributed by atoms with Gasteiger partial charge in [0.05, 0.1) is 11.2 Å². The second kappa shape index (κ2) is 7.66. The molecular weight excluding hydrogens is 501 g/mol. The van der Waals surface area contributed by atoms with Gasteiger partial charge in [0.15, 0.2) is 0 Å². The van der Waals surface area contributed by atoms with E-state index in [2.05, 4.69) is 84.9 Å². The maximum absolute atomic E-state index is 5.72. The highest BCUT2D eigenvalue weighted by Crippen LogP contribution is 2.37. The zero-order valence-corrected chi connectivity index (χ0v) is 18.0. The van der Waals surface area contributed by atoms with Crippen molar-refractivity contribution in [2.45, 2.75) is 19.3 Å². The number of hydrogen-bond donors (Lipinski definition) is 2. The summed E-state index contributed by atoms with van der Waals surface area (Å²) in [4.78, 5) is 8.33. The maximum atomic E-state index is 5.72. The average Bonchev–Trinajstić information content (AvgIpc) is 3.00. The number of nitrogens with zero attached hydrogens (tertiary/aromatic N) is 1. The molecule has 0 saturated carbocycles. The number of nitrogens with two attached hydrogens (primary N) is 1. The van der Waals surface area contributed by atoms with Gasteiger partial charge in [0.1, 0.15) is 0 Å². The van der Waals surface area contributed by atoms with Gasteiger partial charge in [0.2, 0.25) is 0 Å². The Morgan fingerprint density at radius 2 is 1.96 bits per heavy atom. The molecule has 0 unspecified atom stereocenters. The minimum absolute atomic E-state index is 0.734. The lowest BCUT2D eigenvalue weighted by atomic mass is 9.98. The predicted molar refractivity (Wildman–Crippen MR) is 121 cm³/mol. The van der Waals surface area contributed by atoms with Crippen molar-refractivity contribution in [2.75, 3.05) is 6.54 Å². The minimum Gasteiger partial charge on any atom is -0.354 e. The number of halogens is 2. The lowest BCUT2D eigenvalue weighted by Crippen LogP contribution is -1.99. The van der Waals surface area contributed by atoms with Crippen LogP contribution in [0.2, 0.25) is 0 Å². The van der Waals surface area contributed by atoms with Crippen molar-refractivity contribution in [1.29, 1.82) is 0 Å². The Morgan fingerprint density at radius 3 is 2.81 bits per heavy atom. The summed E-state index contributed by atoms with van der Waals surface area (Å²) in [6.45, 7) is 0.734. The molecule has 4 rings (SSSR count). The van der Waals surface area contributed by atoms with Crippen LogP contribution in [-0.2, 0) is 6.42 Å². The summed E-state index contributed by atoms with van der Waals surface area (Å²) in [6.07, 6.45) is 4.99. The van der Waals surface area contributed by atoms with Gasteiger partial charge < -0.3 is 10.7 Å². The van der Waals surface area contributed by atoms with E-state index < -0.39 is 0 Å². The van der Waals surface area contributed by atoms with Crippen LogP contribution in [0.4, 0.5) is 0 Å². The topological polar surface area (TPSA) is 54.7 Å². The summed E-state index contributed by atoms with van der Waals surface area (Å²) in [7, 11) is 0. The first-order chi connectivity index (χ1) is 12.7. The van der Waals surface area contributed by atoms with E-state index in [9.17, 15) is 0 Å². The number of nitrogens with one attached hydrogen (secondary N) is 1. The van der Waals surface area contributed by atoms with Crippen LogP contribution >= 0.6 is 38.5 Å². The van der Waals surface area contributed by atoms with Gasteiger partial charge in [0, 0.05) is 36.1 Å². The summed E-state index contributed by atoms with van der Waals surface area (Å²) in [5.41, 5.74) is 11.6. The monoisotopic (exact) mass is 519 g/mol. The number of fused-ring (bicyclic) bond motifs is 2. The zero-order valence-electron chi connectivity index (χ0n) is 14.2. The van der Waals surface area contributed by atoms with E-state index in [1.165, 1.54) is 25.7 Å². The molecular formula is C21H19BrIN3. The Labute approximate surface area is 174 Å². The van der Waals surface area contributed by atoms with Crippen LogP contribution in [0, 0.1) is 3.57 Å². The number of aromatic amines is 1. The summed E-state index contributed by atoms with van der Waals surface area (Å²) < 4.78 is 2.32. The van der Waals surface area contributed by atoms with Gasteiger partial charge in [-0.05, 0) is 90.4 Å². The first kappa shape index (κ1) is 17.9. The van der Waals surface area contributed by atoms with E-state index >= 15 is 0 Å². The molecule has 3 N–H and O–H groups in total. The van der Waals surface area contributed by atoms with Crippen LogP contribution < -0.4 is 5.73 Å². The molecule has 4 aromatic rings. The van der Waals surface area contributed by atoms with Gasteiger partial charge in [-0.15, -0.1) is 0 Å². The summed E-state index contributed by atoms with van der Waals surface area (Å²) in [5, 5.41) is 2.43. The Kier molecular flexibility index (Phi) is 5.29. The third-order valence-electron chi connectivity index (χ3n) is 4.73. The van der Waals surface area contributed by atoms with E-state index in [4.69, 9.17) is 5.73 Å². The second-order valence-electron chi connectivity index (χ2n) is 6.41. The van der Waals surface area contributed by atoms with Crippen molar-refractivity contribution >= 4 is 60.3 Å². The minimum atomic E-state index is 0.734. The number of aromatic nitrogens is 2. The molecule has 0 atom stereocenters. The molecule has 0 saturated heterocycles. The molecule has 0 aliphatic rings. The van der Waals surface area contributed by atoms with Gasteiger partial charge >= 0.3 is 0 Å². The van der Waals surface area contributed by atoms with Crippen LogP contribution in [0.3, 0.4) is 0 Å². The van der Waals surface area contributed by atoms with E-state index in [1.54, 1.807) is 0 Å². The normalized spacial score (nSPS) is 11.5. The summed E-state index contributed by atoms with van der Waals surface area (Å²) >= 11 is 6.03. The number of hydrogen-bond acceptors (Lipinski definition) is 2. The fourth-order valence-corrected chi connectivity index (χ4v) is 4.44. The standard InChI is InChI=1S/C21H19BrIN3/c22-18-8-7-16(20-15(18)5-3-11-25-20)21-14(4-1-2-10-24)17-12-13(23)6-9-19(17)26-21/h3,5-9,11-12,26H,1-2,4,10,24H2. The number of rotatable bonds is 5. The first-order valence-electron chi connectivity index (χ1n) is 8.73. The van der Waals surface area contributed by atoms with Gasteiger partial charge in [0.25, 0.3) is 0 Å². The third-order valence-corrected chi connectivity index (χ3v) is 6.10. The average molecular weight is 520 g/mol. The van der Waals surface area contributed by atoms with Crippen molar-refractivity contribution in [3.05, 3.63) is 62.3 Å². The third kappa shape index (κ3) is 3.28. The van der Waals surface area contributed by atoms with E-state index in [-0.39, 0.29) is 0 Å². The van der Waals surface area contributed by atoms with E-state index in [0.717, 1.165) is 46.7 Å². The molecule has 132 valence electrons. The molecule has 0 aliphatic carbocycles. The molecule has 0 spiro atoms. The van der Waals surface area contributed by atoms with Crippen molar-refractivity contribution in [1.82, 2.24) is 9.97 Å². The smallest absolute Gasteiger partial charge is 0.0806 e. The number of pyridine rings is 1. The summed E-state index contributed by atoms with van der Waals surface area (Å²) in [5.74, 6) is 0. The lowest BCUT2D eigenvalue weighted by molar-refractivity contribution is 0.748. The Morgan fingerprint density at radius 1 is 1.08 bits per heavy atom. The van der Waals surface area contributed by atoms with Gasteiger partial charge in [-0.1, -0.05) is 22.0 Å². The molecule has 26 heavy (non-hydrogen) atoms. The Hall–Kier alpha value is -1.44. The van der Waals surface area contributed by atoms with Crippen LogP contribution in [0.15, 0.2) is 53.1 Å². The fraction of sp³-hybridized carbons (Fsp3) is 0.190. The van der Waals surface area contributed by atoms with Gasteiger partial charge in [-0.2, -0.15) is 0 Å². The van der Waals surface area contributed by atoms with Crippen molar-refractivity contribution in [2.24, 2.45) is 5.73 Å². The van der Waals surface area contributed by atoms with Crippen LogP contribution in [0.5, 0.6) is 0 Å². The Balaban J connectivity index is 1.96. The molecule has 3 nitrogen and oxygen atoms in total. The highest BCUT2D eigenvalue weighted by Gasteiger charge is 2.16. The van der Waals surface area contributed by atoms with Crippen molar-refractivity contribution in [3.8, 4) is 11.3 Å². The van der Waals surface area contributed by atoms with E-state index in [1.807, 2.05) is 12.3 Å². The largest absolute Gasteiger partial charge is 0.354 e. The molecule has 5 heteroatoms. The summed E-state index contributed by atoms with van der Waals surface area (Å²) in [6, 6.07) is 14.9. The van der Waals surface area contributed by atoms with Crippen LogP contribution in [0.1, 0.15) is 18.4 Å². The SMILES string of the molecule is NCCCCc1c(-c2ccc(Br)c3cccnc23)[nH]c2ccc(I)cc12. The molecule has 0 amide bonds. The van der Waals surface area contributed by atoms with Crippen molar-refractivity contribution < 1.29 is 0 Å². The molecule has 0 radical (unpaired) electrons. The maximum Gasteiger partial charge on any atom is 0.0806 e. The fourth-order valence-electron chi connectivity index (χ4n) is 3.50. The number of H-pyrrole nitrogens is 1.